The number of pyridine rings is 1. The minimum atomic E-state index is -0.166. The largest absolute Gasteiger partial charge is 0.395 e. The average molecular weight is 300 g/mol. The van der Waals surface area contributed by atoms with E-state index in [1.165, 1.54) is 6.08 Å². The van der Waals surface area contributed by atoms with Crippen LogP contribution >= 0.6 is 0 Å². The topological polar surface area (TPSA) is 62.7 Å². The Labute approximate surface area is 129 Å². The van der Waals surface area contributed by atoms with Gasteiger partial charge in [0.05, 0.1) is 24.4 Å². The minimum absolute atomic E-state index is 0.0719. The first-order chi connectivity index (χ1) is 10.7. The lowest BCUT2D eigenvalue weighted by molar-refractivity contribution is -0.127. The summed E-state index contributed by atoms with van der Waals surface area (Å²) < 4.78 is 4.97. The second-order valence-electron chi connectivity index (χ2n) is 4.80. The van der Waals surface area contributed by atoms with Gasteiger partial charge >= 0.3 is 0 Å². The van der Waals surface area contributed by atoms with Gasteiger partial charge in [-0.1, -0.05) is 24.3 Å². The molecule has 0 spiro atoms. The maximum absolute atomic E-state index is 12.1. The van der Waals surface area contributed by atoms with Gasteiger partial charge in [-0.3, -0.25) is 4.79 Å². The highest BCUT2D eigenvalue weighted by molar-refractivity contribution is 5.92. The number of rotatable bonds is 7. The van der Waals surface area contributed by atoms with Crippen molar-refractivity contribution in [2.45, 2.75) is 0 Å². The second kappa shape index (κ2) is 8.26. The van der Waals surface area contributed by atoms with Gasteiger partial charge in [-0.2, -0.15) is 0 Å². The fourth-order valence-corrected chi connectivity index (χ4v) is 2.09. The van der Waals surface area contributed by atoms with Crippen molar-refractivity contribution in [1.29, 1.82) is 0 Å². The quantitative estimate of drug-likeness (QED) is 0.791. The van der Waals surface area contributed by atoms with Crippen molar-refractivity contribution in [3.63, 3.8) is 0 Å². The van der Waals surface area contributed by atoms with Crippen molar-refractivity contribution in [3.05, 3.63) is 48.2 Å². The molecule has 22 heavy (non-hydrogen) atoms. The highest BCUT2D eigenvalue weighted by Crippen LogP contribution is 2.12. The Kier molecular flexibility index (Phi) is 6.06. The number of fused-ring (bicyclic) bond motifs is 1. The average Bonchev–Trinajstić information content (AvgIpc) is 2.56. The fraction of sp³-hybridized carbons (Fsp3) is 0.294. The Bertz CT molecular complexity index is 655. The summed E-state index contributed by atoms with van der Waals surface area (Å²) in [7, 11) is 1.58. The lowest BCUT2D eigenvalue weighted by atomic mass is 10.2. The van der Waals surface area contributed by atoms with Gasteiger partial charge in [0.2, 0.25) is 5.91 Å². The maximum atomic E-state index is 12.1. The van der Waals surface area contributed by atoms with Gasteiger partial charge < -0.3 is 14.7 Å². The molecule has 0 aliphatic heterocycles. The van der Waals surface area contributed by atoms with Gasteiger partial charge in [0.15, 0.2) is 0 Å². The van der Waals surface area contributed by atoms with Crippen LogP contribution < -0.4 is 0 Å². The number of aliphatic hydroxyl groups excluding tert-OH is 1. The van der Waals surface area contributed by atoms with Crippen LogP contribution in [0.25, 0.3) is 17.0 Å². The molecule has 1 N–H and O–H groups in total. The molecule has 0 saturated heterocycles. The third kappa shape index (κ3) is 4.38. The van der Waals surface area contributed by atoms with Crippen molar-refractivity contribution in [2.75, 3.05) is 33.4 Å². The molecular formula is C17H20N2O3. The monoisotopic (exact) mass is 300 g/mol. The number of aliphatic hydroxyl groups is 1. The lowest BCUT2D eigenvalue weighted by Crippen LogP contribution is -2.34. The van der Waals surface area contributed by atoms with Gasteiger partial charge in [-0.25, -0.2) is 4.98 Å². The summed E-state index contributed by atoms with van der Waals surface area (Å²) in [5.41, 5.74) is 1.62. The van der Waals surface area contributed by atoms with E-state index in [0.29, 0.717) is 13.2 Å². The summed E-state index contributed by atoms with van der Waals surface area (Å²) >= 11 is 0. The first kappa shape index (κ1) is 16.1. The van der Waals surface area contributed by atoms with Gasteiger partial charge in [0.1, 0.15) is 0 Å². The van der Waals surface area contributed by atoms with Gasteiger partial charge in [-0.05, 0) is 18.2 Å². The maximum Gasteiger partial charge on any atom is 0.246 e. The van der Waals surface area contributed by atoms with Crippen LogP contribution in [0.3, 0.4) is 0 Å². The molecule has 5 heteroatoms. The molecule has 0 fully saturated rings. The Morgan fingerprint density at radius 2 is 2.09 bits per heavy atom. The number of benzene rings is 1. The molecule has 1 aromatic carbocycles. The van der Waals surface area contributed by atoms with Crippen LogP contribution in [0.4, 0.5) is 0 Å². The van der Waals surface area contributed by atoms with Crippen LogP contribution in [0.5, 0.6) is 0 Å². The van der Waals surface area contributed by atoms with E-state index in [1.54, 1.807) is 18.1 Å². The zero-order valence-corrected chi connectivity index (χ0v) is 12.6. The zero-order valence-electron chi connectivity index (χ0n) is 12.6. The number of carbonyl (C=O) groups excluding carboxylic acids is 1. The molecule has 0 radical (unpaired) electrons. The molecule has 1 heterocycles. The molecule has 0 unspecified atom stereocenters. The Morgan fingerprint density at radius 1 is 1.27 bits per heavy atom. The van der Waals surface area contributed by atoms with E-state index in [4.69, 9.17) is 9.84 Å². The Balaban J connectivity index is 2.08. The summed E-state index contributed by atoms with van der Waals surface area (Å²) in [4.78, 5) is 18.1. The van der Waals surface area contributed by atoms with E-state index in [9.17, 15) is 4.79 Å². The van der Waals surface area contributed by atoms with E-state index in [2.05, 4.69) is 4.98 Å². The van der Waals surface area contributed by atoms with E-state index in [1.807, 2.05) is 36.4 Å². The molecule has 0 bridgehead atoms. The van der Waals surface area contributed by atoms with E-state index in [-0.39, 0.29) is 19.1 Å². The van der Waals surface area contributed by atoms with Crippen molar-refractivity contribution >= 4 is 22.9 Å². The minimum Gasteiger partial charge on any atom is -0.395 e. The molecule has 1 amide bonds. The first-order valence-corrected chi connectivity index (χ1v) is 7.17. The SMILES string of the molecule is COCCN(CCO)C(=O)/C=C/c1ccc2ccccc2n1. The third-order valence-electron chi connectivity index (χ3n) is 3.26. The number of ether oxygens (including phenoxy) is 1. The standard InChI is InChI=1S/C17H20N2O3/c1-22-13-11-19(10-12-20)17(21)9-8-15-7-6-14-4-2-3-5-16(14)18-15/h2-9,20H,10-13H2,1H3/b9-8+. The predicted octanol–water partition coefficient (Wildman–Crippen LogP) is 1.72. The molecule has 116 valence electrons. The van der Waals surface area contributed by atoms with Crippen LogP contribution in [-0.4, -0.2) is 54.3 Å². The summed E-state index contributed by atoms with van der Waals surface area (Å²) in [5.74, 6) is -0.166. The molecule has 2 aromatic rings. The molecule has 1 aromatic heterocycles. The predicted molar refractivity (Wildman–Crippen MR) is 86.3 cm³/mol. The number of carbonyl (C=O) groups is 1. The van der Waals surface area contributed by atoms with Gasteiger partial charge in [0.25, 0.3) is 0 Å². The summed E-state index contributed by atoms with van der Waals surface area (Å²) in [5, 5.41) is 10.1. The van der Waals surface area contributed by atoms with Crippen LogP contribution in [0.15, 0.2) is 42.5 Å². The summed E-state index contributed by atoms with van der Waals surface area (Å²) in [6.07, 6.45) is 3.16. The number of para-hydroxylation sites is 1. The fourth-order valence-electron chi connectivity index (χ4n) is 2.09. The summed E-state index contributed by atoms with van der Waals surface area (Å²) in [6.45, 7) is 1.11. The smallest absolute Gasteiger partial charge is 0.246 e. The first-order valence-electron chi connectivity index (χ1n) is 7.17. The van der Waals surface area contributed by atoms with Gasteiger partial charge in [-0.15, -0.1) is 0 Å². The van der Waals surface area contributed by atoms with Crippen molar-refractivity contribution < 1.29 is 14.6 Å². The highest BCUT2D eigenvalue weighted by atomic mass is 16.5. The van der Waals surface area contributed by atoms with Crippen LogP contribution in [-0.2, 0) is 9.53 Å². The molecule has 2 rings (SSSR count). The van der Waals surface area contributed by atoms with E-state index in [0.717, 1.165) is 16.6 Å². The zero-order chi connectivity index (χ0) is 15.8. The van der Waals surface area contributed by atoms with Crippen LogP contribution in [0.2, 0.25) is 0 Å². The Hall–Kier alpha value is -2.24. The van der Waals surface area contributed by atoms with Crippen molar-refractivity contribution in [3.8, 4) is 0 Å². The second-order valence-corrected chi connectivity index (χ2v) is 4.80. The third-order valence-corrected chi connectivity index (χ3v) is 3.26. The number of hydrogen-bond donors (Lipinski definition) is 1. The molecule has 0 aliphatic carbocycles. The molecule has 0 atom stereocenters. The number of methoxy groups -OCH3 is 1. The van der Waals surface area contributed by atoms with Crippen molar-refractivity contribution in [2.24, 2.45) is 0 Å². The Morgan fingerprint density at radius 3 is 2.86 bits per heavy atom. The van der Waals surface area contributed by atoms with Crippen molar-refractivity contribution in [1.82, 2.24) is 9.88 Å². The number of hydrogen-bond acceptors (Lipinski definition) is 4. The van der Waals surface area contributed by atoms with Gasteiger partial charge in [0, 0.05) is 31.7 Å². The normalized spacial score (nSPS) is 11.2. The molecule has 0 aliphatic rings. The highest BCUT2D eigenvalue weighted by Gasteiger charge is 2.09. The molecule has 0 saturated carbocycles. The number of amides is 1. The molecule has 5 nitrogen and oxygen atoms in total. The van der Waals surface area contributed by atoms with Crippen LogP contribution in [0, 0.1) is 0 Å². The van der Waals surface area contributed by atoms with E-state index >= 15 is 0 Å². The van der Waals surface area contributed by atoms with Crippen LogP contribution in [0.1, 0.15) is 5.69 Å². The number of aromatic nitrogens is 1. The van der Waals surface area contributed by atoms with E-state index < -0.39 is 0 Å². The summed E-state index contributed by atoms with van der Waals surface area (Å²) in [6, 6.07) is 11.7. The lowest BCUT2D eigenvalue weighted by Gasteiger charge is -2.19. The number of nitrogens with zero attached hydrogens (tertiary/aromatic N) is 2. The molecular weight excluding hydrogens is 280 g/mol.